The number of ether oxygens (including phenoxy) is 1. The predicted molar refractivity (Wildman–Crippen MR) is 71.2 cm³/mol. The zero-order valence-electron chi connectivity index (χ0n) is 11.2. The first kappa shape index (κ1) is 12.6. The fraction of sp³-hybridized carbons (Fsp3) is 0.600. The van der Waals surface area contributed by atoms with Crippen molar-refractivity contribution in [2.45, 2.75) is 45.8 Å². The van der Waals surface area contributed by atoms with Crippen LogP contribution in [0.25, 0.3) is 0 Å². The van der Waals surface area contributed by atoms with Gasteiger partial charge in [0.15, 0.2) is 0 Å². The largest absolute Gasteiger partial charge is 0.374 e. The van der Waals surface area contributed by atoms with Gasteiger partial charge in [0.05, 0.1) is 5.60 Å². The average Bonchev–Trinajstić information content (AvgIpc) is 2.69. The molecule has 1 fully saturated rings. The third-order valence-electron chi connectivity index (χ3n) is 3.61. The Hall–Kier alpha value is -0.860. The number of hydrogen-bond donors (Lipinski definition) is 1. The van der Waals surface area contributed by atoms with E-state index in [1.165, 1.54) is 29.5 Å². The van der Waals surface area contributed by atoms with Crippen molar-refractivity contribution in [2.24, 2.45) is 0 Å². The molecule has 0 saturated carbocycles. The minimum absolute atomic E-state index is 0.0542. The molecule has 94 valence electrons. The predicted octanol–water partition coefficient (Wildman–Crippen LogP) is 2.96. The van der Waals surface area contributed by atoms with Crippen LogP contribution in [0.1, 0.15) is 36.5 Å². The molecule has 0 radical (unpaired) electrons. The Labute approximate surface area is 104 Å². The molecule has 1 saturated heterocycles. The second kappa shape index (κ2) is 5.19. The molecule has 0 aromatic heterocycles. The van der Waals surface area contributed by atoms with Crippen LogP contribution < -0.4 is 5.32 Å². The maximum Gasteiger partial charge on any atom is 0.0779 e. The molecule has 1 aliphatic rings. The summed E-state index contributed by atoms with van der Waals surface area (Å²) in [5, 5.41) is 3.52. The SMILES string of the molecule is Cc1ccc(CNCC2(C)CCCO2)c(C)c1. The van der Waals surface area contributed by atoms with Gasteiger partial charge >= 0.3 is 0 Å². The van der Waals surface area contributed by atoms with Crippen LogP contribution in [0.3, 0.4) is 0 Å². The molecule has 1 aromatic rings. The average molecular weight is 233 g/mol. The van der Waals surface area contributed by atoms with Crippen molar-refractivity contribution >= 4 is 0 Å². The van der Waals surface area contributed by atoms with Crippen molar-refractivity contribution in [2.75, 3.05) is 13.2 Å². The molecule has 1 aromatic carbocycles. The van der Waals surface area contributed by atoms with Crippen molar-refractivity contribution in [3.63, 3.8) is 0 Å². The lowest BCUT2D eigenvalue weighted by atomic mass is 10.0. The molecule has 0 amide bonds. The van der Waals surface area contributed by atoms with E-state index in [1.807, 2.05) is 0 Å². The molecule has 0 bridgehead atoms. The zero-order valence-corrected chi connectivity index (χ0v) is 11.2. The maximum atomic E-state index is 5.77. The highest BCUT2D eigenvalue weighted by molar-refractivity contribution is 5.30. The van der Waals surface area contributed by atoms with Crippen LogP contribution in [0.2, 0.25) is 0 Å². The number of aryl methyl sites for hydroxylation is 2. The molecule has 1 aliphatic heterocycles. The molecule has 2 heteroatoms. The molecule has 0 aliphatic carbocycles. The fourth-order valence-electron chi connectivity index (χ4n) is 2.48. The minimum atomic E-state index is 0.0542. The molecule has 1 unspecified atom stereocenters. The molecular weight excluding hydrogens is 210 g/mol. The van der Waals surface area contributed by atoms with Crippen LogP contribution in [0.15, 0.2) is 18.2 Å². The van der Waals surface area contributed by atoms with E-state index in [0.717, 1.165) is 19.7 Å². The second-order valence-electron chi connectivity index (χ2n) is 5.44. The van der Waals surface area contributed by atoms with E-state index >= 15 is 0 Å². The number of hydrogen-bond acceptors (Lipinski definition) is 2. The number of benzene rings is 1. The lowest BCUT2D eigenvalue weighted by molar-refractivity contribution is 0.0206. The minimum Gasteiger partial charge on any atom is -0.374 e. The van der Waals surface area contributed by atoms with Crippen molar-refractivity contribution in [1.29, 1.82) is 0 Å². The molecular formula is C15H23NO. The second-order valence-corrected chi connectivity index (χ2v) is 5.44. The molecule has 1 N–H and O–H groups in total. The smallest absolute Gasteiger partial charge is 0.0779 e. The molecule has 2 nitrogen and oxygen atoms in total. The first-order chi connectivity index (χ1) is 8.09. The summed E-state index contributed by atoms with van der Waals surface area (Å²) in [5.74, 6) is 0. The van der Waals surface area contributed by atoms with Crippen molar-refractivity contribution in [3.8, 4) is 0 Å². The Morgan fingerprint density at radius 2 is 2.18 bits per heavy atom. The van der Waals surface area contributed by atoms with Crippen LogP contribution in [-0.4, -0.2) is 18.8 Å². The van der Waals surface area contributed by atoms with Gasteiger partial charge in [0, 0.05) is 19.7 Å². The van der Waals surface area contributed by atoms with Gasteiger partial charge in [0.2, 0.25) is 0 Å². The summed E-state index contributed by atoms with van der Waals surface area (Å²) < 4.78 is 5.77. The Balaban J connectivity index is 1.85. The van der Waals surface area contributed by atoms with Crippen molar-refractivity contribution in [1.82, 2.24) is 5.32 Å². The lowest BCUT2D eigenvalue weighted by Gasteiger charge is -2.23. The highest BCUT2D eigenvalue weighted by Crippen LogP contribution is 2.24. The van der Waals surface area contributed by atoms with Gasteiger partial charge in [-0.25, -0.2) is 0 Å². The first-order valence-corrected chi connectivity index (χ1v) is 6.50. The topological polar surface area (TPSA) is 21.3 Å². The molecule has 2 rings (SSSR count). The summed E-state index contributed by atoms with van der Waals surface area (Å²) in [6, 6.07) is 6.64. The maximum absolute atomic E-state index is 5.77. The van der Waals surface area contributed by atoms with Gasteiger partial charge in [-0.15, -0.1) is 0 Å². The summed E-state index contributed by atoms with van der Waals surface area (Å²) in [6.45, 7) is 9.32. The van der Waals surface area contributed by atoms with E-state index in [4.69, 9.17) is 4.74 Å². The normalized spacial score (nSPS) is 24.2. The van der Waals surface area contributed by atoms with Gasteiger partial charge in [-0.3, -0.25) is 0 Å². The summed E-state index contributed by atoms with van der Waals surface area (Å²) in [6.07, 6.45) is 2.37. The lowest BCUT2D eigenvalue weighted by Crippen LogP contribution is -2.36. The summed E-state index contributed by atoms with van der Waals surface area (Å²) in [7, 11) is 0. The van der Waals surface area contributed by atoms with E-state index in [1.54, 1.807) is 0 Å². The van der Waals surface area contributed by atoms with Crippen LogP contribution >= 0.6 is 0 Å². The van der Waals surface area contributed by atoms with Crippen LogP contribution in [0.4, 0.5) is 0 Å². The van der Waals surface area contributed by atoms with Gasteiger partial charge in [-0.2, -0.15) is 0 Å². The quantitative estimate of drug-likeness (QED) is 0.863. The standard InChI is InChI=1S/C15H23NO/c1-12-5-6-14(13(2)9-12)10-16-11-15(3)7-4-8-17-15/h5-6,9,16H,4,7-8,10-11H2,1-3H3. The van der Waals surface area contributed by atoms with E-state index in [2.05, 4.69) is 44.3 Å². The highest BCUT2D eigenvalue weighted by atomic mass is 16.5. The Morgan fingerprint density at radius 1 is 1.35 bits per heavy atom. The zero-order chi connectivity index (χ0) is 12.3. The number of rotatable bonds is 4. The first-order valence-electron chi connectivity index (χ1n) is 6.50. The third-order valence-corrected chi connectivity index (χ3v) is 3.61. The van der Waals surface area contributed by atoms with Crippen LogP contribution in [0.5, 0.6) is 0 Å². The summed E-state index contributed by atoms with van der Waals surface area (Å²) in [5.41, 5.74) is 4.14. The summed E-state index contributed by atoms with van der Waals surface area (Å²) >= 11 is 0. The van der Waals surface area contributed by atoms with E-state index in [9.17, 15) is 0 Å². The van der Waals surface area contributed by atoms with Crippen molar-refractivity contribution in [3.05, 3.63) is 34.9 Å². The number of nitrogens with one attached hydrogen (secondary N) is 1. The third kappa shape index (κ3) is 3.30. The van der Waals surface area contributed by atoms with Gasteiger partial charge in [0.25, 0.3) is 0 Å². The van der Waals surface area contributed by atoms with Gasteiger partial charge in [0.1, 0.15) is 0 Å². The molecule has 17 heavy (non-hydrogen) atoms. The Kier molecular flexibility index (Phi) is 3.85. The van der Waals surface area contributed by atoms with Gasteiger partial charge < -0.3 is 10.1 Å². The Bertz CT molecular complexity index is 381. The molecule has 0 spiro atoms. The van der Waals surface area contributed by atoms with Crippen molar-refractivity contribution < 1.29 is 4.74 Å². The van der Waals surface area contributed by atoms with Crippen LogP contribution in [0, 0.1) is 13.8 Å². The molecule has 1 heterocycles. The van der Waals surface area contributed by atoms with E-state index < -0.39 is 0 Å². The van der Waals surface area contributed by atoms with E-state index in [-0.39, 0.29) is 5.60 Å². The molecule has 1 atom stereocenters. The van der Waals surface area contributed by atoms with Gasteiger partial charge in [-0.05, 0) is 44.7 Å². The van der Waals surface area contributed by atoms with Gasteiger partial charge in [-0.1, -0.05) is 23.8 Å². The van der Waals surface area contributed by atoms with E-state index in [0.29, 0.717) is 0 Å². The van der Waals surface area contributed by atoms with Crippen LogP contribution in [-0.2, 0) is 11.3 Å². The fourth-order valence-corrected chi connectivity index (χ4v) is 2.48. The monoisotopic (exact) mass is 233 g/mol. The Morgan fingerprint density at radius 3 is 2.82 bits per heavy atom. The highest BCUT2D eigenvalue weighted by Gasteiger charge is 2.28. The summed E-state index contributed by atoms with van der Waals surface area (Å²) in [4.78, 5) is 0.